The minimum atomic E-state index is -1.79. The van der Waals surface area contributed by atoms with Gasteiger partial charge in [0.15, 0.2) is 12.6 Å². The van der Waals surface area contributed by atoms with Gasteiger partial charge >= 0.3 is 0 Å². The lowest BCUT2D eigenvalue weighted by Gasteiger charge is -2.46. The average Bonchev–Trinajstić information content (AvgIpc) is 3.35. The molecule has 0 aromatic heterocycles. The lowest BCUT2D eigenvalue weighted by Crippen LogP contribution is -2.65. The van der Waals surface area contributed by atoms with Gasteiger partial charge in [0.05, 0.1) is 32.0 Å². The Bertz CT molecular complexity index is 1340. The number of nitrogens with one attached hydrogen (secondary N) is 1. The second kappa shape index (κ2) is 41.4. The number of rotatable bonds is 42. The summed E-state index contributed by atoms with van der Waals surface area (Å²) in [5.74, 6) is -0.246. The van der Waals surface area contributed by atoms with Gasteiger partial charge in [-0.15, -0.1) is 0 Å². The fourth-order valence-electron chi connectivity index (χ4n) is 8.77. The summed E-state index contributed by atoms with van der Waals surface area (Å²) in [6, 6.07) is -0.913. The number of amides is 1. The first kappa shape index (κ1) is 63.1. The Morgan fingerprint density at radius 2 is 0.957 bits per heavy atom. The molecule has 2 aliphatic rings. The van der Waals surface area contributed by atoms with Crippen LogP contribution in [0, 0.1) is 0 Å². The Labute approximate surface area is 416 Å². The molecule has 2 rings (SSSR count). The van der Waals surface area contributed by atoms with Crippen LogP contribution in [0.4, 0.5) is 0 Å². The maximum absolute atomic E-state index is 13.2. The summed E-state index contributed by atoms with van der Waals surface area (Å²) in [5, 5.41) is 86.6. The molecule has 14 heteroatoms. The van der Waals surface area contributed by atoms with Crippen molar-refractivity contribution in [1.82, 2.24) is 5.32 Å². The van der Waals surface area contributed by atoms with E-state index in [2.05, 4.69) is 55.6 Å². The third-order valence-corrected chi connectivity index (χ3v) is 13.3. The SMILES string of the molecule is CCCCCCC/C=C\C/C=C\C/C=C\CCCCCCCCCCCCCCC(=O)NC(COC1OC(CO)C(OC2OC(CO)C(O)C(O)C2O)C(O)C1O)C(O)/C=C/CCCCCCCC. The van der Waals surface area contributed by atoms with Gasteiger partial charge in [0, 0.05) is 6.42 Å². The lowest BCUT2D eigenvalue weighted by atomic mass is 9.97. The third kappa shape index (κ3) is 28.1. The van der Waals surface area contributed by atoms with Gasteiger partial charge in [-0.3, -0.25) is 4.79 Å². The van der Waals surface area contributed by atoms with E-state index in [0.717, 1.165) is 57.8 Å². The first-order chi connectivity index (χ1) is 33.6. The van der Waals surface area contributed by atoms with Crippen LogP contribution in [0.15, 0.2) is 48.6 Å². The molecule has 14 nitrogen and oxygen atoms in total. The second-order valence-corrected chi connectivity index (χ2v) is 19.4. The molecule has 2 aliphatic heterocycles. The van der Waals surface area contributed by atoms with Crippen LogP contribution in [-0.2, 0) is 23.7 Å². The number of carbonyl (C=O) groups excluding carboxylic acids is 1. The lowest BCUT2D eigenvalue weighted by molar-refractivity contribution is -0.359. The molecule has 9 N–H and O–H groups in total. The summed E-state index contributed by atoms with van der Waals surface area (Å²) < 4.78 is 22.6. The summed E-state index contributed by atoms with van der Waals surface area (Å²) in [6.07, 6.45) is 33.2. The second-order valence-electron chi connectivity index (χ2n) is 19.4. The number of ether oxygens (including phenoxy) is 4. The summed E-state index contributed by atoms with van der Waals surface area (Å²) in [4.78, 5) is 13.2. The van der Waals surface area contributed by atoms with Gasteiger partial charge < -0.3 is 65.1 Å². The summed E-state index contributed by atoms with van der Waals surface area (Å²) in [7, 11) is 0. The molecule has 2 heterocycles. The van der Waals surface area contributed by atoms with Crippen LogP contribution in [0.3, 0.4) is 0 Å². The molecule has 1 amide bonds. The van der Waals surface area contributed by atoms with E-state index in [1.807, 2.05) is 6.08 Å². The Balaban J connectivity index is 1.68. The molecule has 12 unspecified atom stereocenters. The first-order valence-corrected chi connectivity index (χ1v) is 27.4. The van der Waals surface area contributed by atoms with Crippen LogP contribution in [-0.4, -0.2) is 140 Å². The largest absolute Gasteiger partial charge is 0.394 e. The van der Waals surface area contributed by atoms with Crippen molar-refractivity contribution < 1.29 is 64.6 Å². The minimum Gasteiger partial charge on any atom is -0.394 e. The number of unbranched alkanes of at least 4 members (excludes halogenated alkanes) is 23. The highest BCUT2D eigenvalue weighted by atomic mass is 16.7. The van der Waals surface area contributed by atoms with Gasteiger partial charge in [0.25, 0.3) is 0 Å². The van der Waals surface area contributed by atoms with Crippen molar-refractivity contribution in [3.8, 4) is 0 Å². The predicted octanol–water partition coefficient (Wildman–Crippen LogP) is 8.05. The molecule has 69 heavy (non-hydrogen) atoms. The highest BCUT2D eigenvalue weighted by Crippen LogP contribution is 2.30. The number of allylic oxidation sites excluding steroid dienone is 7. The Morgan fingerprint density at radius 1 is 0.522 bits per heavy atom. The Hall–Kier alpha value is -2.05. The van der Waals surface area contributed by atoms with Gasteiger partial charge in [0.1, 0.15) is 48.8 Å². The highest BCUT2D eigenvalue weighted by molar-refractivity contribution is 5.76. The molecule has 0 radical (unpaired) electrons. The van der Waals surface area contributed by atoms with E-state index in [1.165, 1.54) is 116 Å². The molecule has 0 aromatic rings. The zero-order chi connectivity index (χ0) is 50.3. The van der Waals surface area contributed by atoms with Gasteiger partial charge in [-0.1, -0.05) is 184 Å². The molecular weight excluding hydrogens is 883 g/mol. The van der Waals surface area contributed by atoms with Gasteiger partial charge in [0.2, 0.25) is 5.91 Å². The number of hydrogen-bond donors (Lipinski definition) is 9. The van der Waals surface area contributed by atoms with Crippen molar-refractivity contribution in [1.29, 1.82) is 0 Å². The van der Waals surface area contributed by atoms with Crippen molar-refractivity contribution in [2.75, 3.05) is 19.8 Å². The number of aliphatic hydroxyl groups excluding tert-OH is 8. The fraction of sp³-hybridized carbons (Fsp3) is 0.836. The van der Waals surface area contributed by atoms with E-state index in [-0.39, 0.29) is 18.9 Å². The van der Waals surface area contributed by atoms with Gasteiger partial charge in [-0.25, -0.2) is 0 Å². The van der Waals surface area contributed by atoms with Crippen molar-refractivity contribution in [2.24, 2.45) is 0 Å². The molecule has 402 valence electrons. The third-order valence-electron chi connectivity index (χ3n) is 13.3. The van der Waals surface area contributed by atoms with E-state index in [4.69, 9.17) is 18.9 Å². The summed E-state index contributed by atoms with van der Waals surface area (Å²) in [6.45, 7) is 2.72. The molecule has 0 bridgehead atoms. The molecule has 0 aromatic carbocycles. The summed E-state index contributed by atoms with van der Waals surface area (Å²) in [5.41, 5.74) is 0. The van der Waals surface area contributed by atoms with Crippen LogP contribution >= 0.6 is 0 Å². The molecule has 12 atom stereocenters. The maximum atomic E-state index is 13.2. The van der Waals surface area contributed by atoms with Crippen molar-refractivity contribution in [2.45, 2.75) is 274 Å². The zero-order valence-corrected chi connectivity index (χ0v) is 42.8. The average molecular weight is 982 g/mol. The smallest absolute Gasteiger partial charge is 0.220 e. The Kier molecular flexibility index (Phi) is 37.9. The van der Waals surface area contributed by atoms with Crippen LogP contribution in [0.5, 0.6) is 0 Å². The molecular formula is C55H99NO13. The monoisotopic (exact) mass is 982 g/mol. The van der Waals surface area contributed by atoms with E-state index in [0.29, 0.717) is 6.42 Å². The van der Waals surface area contributed by atoms with E-state index in [1.54, 1.807) is 6.08 Å². The molecule has 0 spiro atoms. The predicted molar refractivity (Wildman–Crippen MR) is 272 cm³/mol. The van der Waals surface area contributed by atoms with E-state index in [9.17, 15) is 45.6 Å². The Morgan fingerprint density at radius 3 is 1.46 bits per heavy atom. The quantitative estimate of drug-likeness (QED) is 0.0209. The standard InChI is InChI=1S/C55H99NO13/c1-3-5-7-9-11-13-14-15-16-17-18-19-20-21-22-23-24-25-26-27-28-29-30-31-33-35-37-39-47(60)56-43(44(59)38-36-34-32-12-10-8-6-4-2)42-66-54-52(65)50(63)53(46(41-58)68-54)69-55-51(64)49(62)48(61)45(40-57)67-55/h14-15,17-18,20-21,36,38,43-46,48-55,57-59,61-65H,3-13,16,19,22-35,37,39-42H2,1-2H3,(H,56,60)/b15-14-,18-17-,21-20-,38-36+. The number of carbonyl (C=O) groups is 1. The fourth-order valence-corrected chi connectivity index (χ4v) is 8.77. The van der Waals surface area contributed by atoms with Crippen molar-refractivity contribution >= 4 is 5.91 Å². The van der Waals surface area contributed by atoms with Crippen LogP contribution in [0.2, 0.25) is 0 Å². The molecule has 2 fully saturated rings. The molecule has 0 saturated carbocycles. The zero-order valence-electron chi connectivity index (χ0n) is 42.8. The summed E-state index contributed by atoms with van der Waals surface area (Å²) >= 11 is 0. The van der Waals surface area contributed by atoms with Crippen molar-refractivity contribution in [3.63, 3.8) is 0 Å². The minimum absolute atomic E-state index is 0.246. The van der Waals surface area contributed by atoms with Crippen LogP contribution < -0.4 is 5.32 Å². The molecule has 2 saturated heterocycles. The maximum Gasteiger partial charge on any atom is 0.220 e. The highest BCUT2D eigenvalue weighted by Gasteiger charge is 2.51. The molecule has 0 aliphatic carbocycles. The van der Waals surface area contributed by atoms with Crippen molar-refractivity contribution in [3.05, 3.63) is 48.6 Å². The first-order valence-electron chi connectivity index (χ1n) is 27.4. The topological polar surface area (TPSA) is 228 Å². The van der Waals surface area contributed by atoms with E-state index < -0.39 is 86.8 Å². The van der Waals surface area contributed by atoms with Crippen LogP contribution in [0.1, 0.15) is 200 Å². The van der Waals surface area contributed by atoms with Crippen LogP contribution in [0.25, 0.3) is 0 Å². The van der Waals surface area contributed by atoms with E-state index >= 15 is 0 Å². The van der Waals surface area contributed by atoms with Gasteiger partial charge in [-0.05, 0) is 57.8 Å². The number of aliphatic hydroxyl groups is 8. The normalized spacial score (nSPS) is 26.5. The number of hydrogen-bond acceptors (Lipinski definition) is 13. The van der Waals surface area contributed by atoms with Gasteiger partial charge in [-0.2, -0.15) is 0 Å².